The molecule has 4 nitrogen and oxygen atoms in total. The van der Waals surface area contributed by atoms with Gasteiger partial charge in [-0.25, -0.2) is 0 Å². The average Bonchev–Trinajstić information content (AvgIpc) is 2.81. The molecule has 0 saturated carbocycles. The van der Waals surface area contributed by atoms with E-state index >= 15 is 0 Å². The van der Waals surface area contributed by atoms with Crippen LogP contribution in [0.1, 0.15) is 16.1 Å². The molecule has 0 amide bonds. The molecule has 5 heteroatoms. The molecule has 0 unspecified atom stereocenters. The smallest absolute Gasteiger partial charge is 0.217 e. The molecule has 0 fully saturated rings. The topological polar surface area (TPSA) is 52.1 Å². The van der Waals surface area contributed by atoms with E-state index in [9.17, 15) is 4.79 Å². The highest BCUT2D eigenvalue weighted by Crippen LogP contribution is 2.20. The van der Waals surface area contributed by atoms with E-state index in [0.717, 1.165) is 11.5 Å². The van der Waals surface area contributed by atoms with Crippen LogP contribution in [0.25, 0.3) is 0 Å². The molecule has 0 bridgehead atoms. The maximum absolute atomic E-state index is 11.9. The third-order valence-corrected chi connectivity index (χ3v) is 2.45. The Balaban J connectivity index is 2.42. The van der Waals surface area contributed by atoms with Crippen molar-refractivity contribution in [1.82, 2.24) is 9.59 Å². The van der Waals surface area contributed by atoms with Crippen LogP contribution in [0.5, 0.6) is 5.75 Å². The number of carbonyl (C=O) groups is 1. The minimum Gasteiger partial charge on any atom is -0.496 e. The van der Waals surface area contributed by atoms with Gasteiger partial charge in [-0.15, -0.1) is 5.10 Å². The van der Waals surface area contributed by atoms with Gasteiger partial charge >= 0.3 is 0 Å². The number of ketones is 1. The molecule has 0 aliphatic heterocycles. The van der Waals surface area contributed by atoms with Gasteiger partial charge in [0.05, 0.1) is 12.7 Å². The Labute approximate surface area is 90.7 Å². The summed E-state index contributed by atoms with van der Waals surface area (Å²) in [5.74, 6) is 0.386. The number of ether oxygens (including phenoxy) is 1. The number of carbonyl (C=O) groups excluding carboxylic acids is 1. The monoisotopic (exact) mass is 220 g/mol. The molecule has 0 atom stereocenters. The lowest BCUT2D eigenvalue weighted by Crippen LogP contribution is -2.04. The summed E-state index contributed by atoms with van der Waals surface area (Å²) in [5.41, 5.74) is 0.859. The fourth-order valence-electron chi connectivity index (χ4n) is 1.23. The number of benzene rings is 1. The first-order valence-corrected chi connectivity index (χ1v) is 5.11. The number of methoxy groups -OCH3 is 1. The van der Waals surface area contributed by atoms with E-state index in [-0.39, 0.29) is 5.78 Å². The second-order valence-electron chi connectivity index (χ2n) is 2.82. The first kappa shape index (κ1) is 9.79. The molecule has 76 valence electrons. The number of para-hydroxylation sites is 1. The predicted molar refractivity (Wildman–Crippen MR) is 56.3 cm³/mol. The summed E-state index contributed by atoms with van der Waals surface area (Å²) >= 11 is 1.15. The summed E-state index contributed by atoms with van der Waals surface area (Å²) in [4.78, 5) is 11.9. The van der Waals surface area contributed by atoms with Gasteiger partial charge in [0, 0.05) is 5.38 Å². The normalized spacial score (nSPS) is 9.93. The molecule has 2 aromatic rings. The van der Waals surface area contributed by atoms with Crippen molar-refractivity contribution in [2.24, 2.45) is 0 Å². The number of hydrogen-bond acceptors (Lipinski definition) is 5. The molecule has 1 aromatic heterocycles. The van der Waals surface area contributed by atoms with E-state index in [1.54, 1.807) is 23.6 Å². The van der Waals surface area contributed by atoms with Crippen molar-refractivity contribution in [3.63, 3.8) is 0 Å². The lowest BCUT2D eigenvalue weighted by atomic mass is 10.1. The largest absolute Gasteiger partial charge is 0.496 e. The van der Waals surface area contributed by atoms with Gasteiger partial charge in [-0.3, -0.25) is 4.79 Å². The van der Waals surface area contributed by atoms with Gasteiger partial charge in [-0.2, -0.15) is 0 Å². The molecule has 0 saturated heterocycles. The summed E-state index contributed by atoms with van der Waals surface area (Å²) in [6.45, 7) is 0. The Morgan fingerprint density at radius 3 is 2.87 bits per heavy atom. The minimum absolute atomic E-state index is 0.166. The zero-order valence-electron chi connectivity index (χ0n) is 8.01. The van der Waals surface area contributed by atoms with E-state index in [1.165, 1.54) is 7.11 Å². The van der Waals surface area contributed by atoms with Crippen LogP contribution < -0.4 is 4.74 Å². The van der Waals surface area contributed by atoms with Gasteiger partial charge < -0.3 is 4.74 Å². The van der Waals surface area contributed by atoms with Crippen LogP contribution in [0.3, 0.4) is 0 Å². The maximum atomic E-state index is 11.9. The summed E-state index contributed by atoms with van der Waals surface area (Å²) in [6, 6.07) is 7.05. The fourth-order valence-corrected chi connectivity index (χ4v) is 1.67. The summed E-state index contributed by atoms with van der Waals surface area (Å²) in [5, 5.41) is 5.35. The molecule has 1 aromatic carbocycles. The van der Waals surface area contributed by atoms with Gasteiger partial charge in [0.25, 0.3) is 0 Å². The van der Waals surface area contributed by atoms with E-state index in [2.05, 4.69) is 9.59 Å². The quantitative estimate of drug-likeness (QED) is 0.740. The van der Waals surface area contributed by atoms with E-state index in [0.29, 0.717) is 17.0 Å². The molecule has 0 aliphatic carbocycles. The van der Waals surface area contributed by atoms with Crippen LogP contribution >= 0.6 is 11.5 Å². The molecule has 0 N–H and O–H groups in total. The minimum atomic E-state index is -0.166. The number of nitrogens with zero attached hydrogens (tertiary/aromatic N) is 2. The van der Waals surface area contributed by atoms with Gasteiger partial charge in [0.15, 0.2) is 0 Å². The third-order valence-electron chi connectivity index (χ3n) is 1.94. The van der Waals surface area contributed by atoms with Gasteiger partial charge in [-0.1, -0.05) is 16.6 Å². The standard InChI is InChI=1S/C10H8N2O2S/c1-14-9-5-3-2-4-7(9)10(13)8-6-15-12-11-8/h2-6H,1H3. The fraction of sp³-hybridized carbons (Fsp3) is 0.100. The van der Waals surface area contributed by atoms with E-state index in [4.69, 9.17) is 4.74 Å². The molecule has 0 spiro atoms. The van der Waals surface area contributed by atoms with Gasteiger partial charge in [0.1, 0.15) is 11.4 Å². The highest BCUT2D eigenvalue weighted by molar-refractivity contribution is 7.03. The number of rotatable bonds is 3. The summed E-state index contributed by atoms with van der Waals surface area (Å²) in [6.07, 6.45) is 0. The first-order valence-electron chi connectivity index (χ1n) is 4.27. The molecule has 1 heterocycles. The van der Waals surface area contributed by atoms with Crippen LogP contribution in [0, 0.1) is 0 Å². The van der Waals surface area contributed by atoms with E-state index in [1.807, 2.05) is 6.07 Å². The maximum Gasteiger partial charge on any atom is 0.217 e. The van der Waals surface area contributed by atoms with Crippen molar-refractivity contribution in [2.45, 2.75) is 0 Å². The van der Waals surface area contributed by atoms with Crippen LogP contribution in [-0.2, 0) is 0 Å². The van der Waals surface area contributed by atoms with Crippen LogP contribution in [0.2, 0.25) is 0 Å². The lowest BCUT2D eigenvalue weighted by molar-refractivity contribution is 0.103. The summed E-state index contributed by atoms with van der Waals surface area (Å²) < 4.78 is 8.75. The predicted octanol–water partition coefficient (Wildman–Crippen LogP) is 1.78. The molecular formula is C10H8N2O2S. The Kier molecular flexibility index (Phi) is 2.73. The molecule has 15 heavy (non-hydrogen) atoms. The zero-order chi connectivity index (χ0) is 10.7. The average molecular weight is 220 g/mol. The highest BCUT2D eigenvalue weighted by atomic mass is 32.1. The molecule has 0 aliphatic rings. The van der Waals surface area contributed by atoms with Gasteiger partial charge in [0.2, 0.25) is 5.78 Å². The Morgan fingerprint density at radius 1 is 1.40 bits per heavy atom. The van der Waals surface area contributed by atoms with Crippen LogP contribution in [-0.4, -0.2) is 22.5 Å². The number of hydrogen-bond donors (Lipinski definition) is 0. The molecule has 2 rings (SSSR count). The Hall–Kier alpha value is -1.75. The first-order chi connectivity index (χ1) is 7.33. The molecule has 0 radical (unpaired) electrons. The van der Waals surface area contributed by atoms with Crippen molar-refractivity contribution < 1.29 is 9.53 Å². The van der Waals surface area contributed by atoms with Crippen molar-refractivity contribution in [2.75, 3.05) is 7.11 Å². The van der Waals surface area contributed by atoms with Crippen LogP contribution in [0.4, 0.5) is 0 Å². The Bertz CT molecular complexity index is 468. The van der Waals surface area contributed by atoms with Crippen molar-refractivity contribution in [3.05, 3.63) is 40.9 Å². The second kappa shape index (κ2) is 4.18. The van der Waals surface area contributed by atoms with Crippen molar-refractivity contribution in [1.29, 1.82) is 0 Å². The lowest BCUT2D eigenvalue weighted by Gasteiger charge is -2.04. The summed E-state index contributed by atoms with van der Waals surface area (Å²) in [7, 11) is 1.53. The van der Waals surface area contributed by atoms with Gasteiger partial charge in [-0.05, 0) is 23.7 Å². The SMILES string of the molecule is COc1ccccc1C(=O)c1csnn1. The number of aromatic nitrogens is 2. The van der Waals surface area contributed by atoms with Crippen LogP contribution in [0.15, 0.2) is 29.6 Å². The molecular weight excluding hydrogens is 212 g/mol. The zero-order valence-corrected chi connectivity index (χ0v) is 8.82. The second-order valence-corrected chi connectivity index (χ2v) is 3.43. The Morgan fingerprint density at radius 2 is 2.20 bits per heavy atom. The third kappa shape index (κ3) is 1.87. The van der Waals surface area contributed by atoms with Crippen molar-refractivity contribution >= 4 is 17.3 Å². The highest BCUT2D eigenvalue weighted by Gasteiger charge is 2.15. The van der Waals surface area contributed by atoms with E-state index < -0.39 is 0 Å². The van der Waals surface area contributed by atoms with Crippen molar-refractivity contribution in [3.8, 4) is 5.75 Å².